The van der Waals surface area contributed by atoms with Gasteiger partial charge in [0.05, 0.1) is 22.5 Å². The Bertz CT molecular complexity index is 1530. The number of thioether (sulfide) groups is 1. The summed E-state index contributed by atoms with van der Waals surface area (Å²) in [6.07, 6.45) is 4.18. The van der Waals surface area contributed by atoms with Gasteiger partial charge in [-0.3, -0.25) is 23.6 Å². The van der Waals surface area contributed by atoms with Crippen LogP contribution >= 0.6 is 23.1 Å². The van der Waals surface area contributed by atoms with E-state index in [1.54, 1.807) is 37.0 Å². The van der Waals surface area contributed by atoms with E-state index in [0.717, 1.165) is 47.2 Å². The predicted molar refractivity (Wildman–Crippen MR) is 137 cm³/mol. The average molecular weight is 496 g/mol. The summed E-state index contributed by atoms with van der Waals surface area (Å²) in [5.41, 5.74) is 2.43. The third-order valence-corrected chi connectivity index (χ3v) is 8.52. The van der Waals surface area contributed by atoms with Crippen LogP contribution in [0.3, 0.4) is 0 Å². The Morgan fingerprint density at radius 3 is 2.62 bits per heavy atom. The summed E-state index contributed by atoms with van der Waals surface area (Å²) in [6.45, 7) is 1.79. The molecule has 1 aromatic carbocycles. The molecule has 3 aromatic heterocycles. The first kappa shape index (κ1) is 22.7. The Morgan fingerprint density at radius 1 is 1.12 bits per heavy atom. The van der Waals surface area contributed by atoms with Crippen molar-refractivity contribution in [2.45, 2.75) is 37.8 Å². The zero-order valence-electron chi connectivity index (χ0n) is 19.3. The third-order valence-electron chi connectivity index (χ3n) is 6.31. The minimum Gasteiger partial charge on any atom is -0.319 e. The monoisotopic (exact) mass is 495 g/mol. The van der Waals surface area contributed by atoms with Crippen LogP contribution in [0.15, 0.2) is 45.1 Å². The van der Waals surface area contributed by atoms with Crippen molar-refractivity contribution in [2.75, 3.05) is 11.1 Å². The van der Waals surface area contributed by atoms with Gasteiger partial charge < -0.3 is 5.32 Å². The molecule has 8 nitrogen and oxygen atoms in total. The Kier molecular flexibility index (Phi) is 5.95. The molecular formula is C24H25N5O3S2. The summed E-state index contributed by atoms with van der Waals surface area (Å²) in [4.78, 5) is 45.6. The molecular weight excluding hydrogens is 470 g/mol. The number of para-hydroxylation sites is 1. The minimum absolute atomic E-state index is 0.0377. The van der Waals surface area contributed by atoms with E-state index in [4.69, 9.17) is 4.98 Å². The molecule has 1 aliphatic carbocycles. The van der Waals surface area contributed by atoms with E-state index in [2.05, 4.69) is 5.32 Å². The fourth-order valence-corrected chi connectivity index (χ4v) is 6.49. The molecule has 0 bridgehead atoms. The number of nitrogens with zero attached hydrogens (tertiary/aromatic N) is 4. The van der Waals surface area contributed by atoms with Crippen LogP contribution in [0, 0.1) is 6.92 Å². The van der Waals surface area contributed by atoms with Crippen LogP contribution in [0.2, 0.25) is 0 Å². The van der Waals surface area contributed by atoms with Crippen molar-refractivity contribution in [1.82, 2.24) is 18.9 Å². The van der Waals surface area contributed by atoms with E-state index in [1.165, 1.54) is 25.9 Å². The number of rotatable bonds is 5. The molecule has 0 spiro atoms. The summed E-state index contributed by atoms with van der Waals surface area (Å²) < 4.78 is 4.77. The molecule has 176 valence electrons. The van der Waals surface area contributed by atoms with Gasteiger partial charge in [0.15, 0.2) is 5.16 Å². The molecule has 10 heteroatoms. The lowest BCUT2D eigenvalue weighted by molar-refractivity contribution is -0.113. The highest BCUT2D eigenvalue weighted by Crippen LogP contribution is 2.34. The predicted octanol–water partition coefficient (Wildman–Crippen LogP) is 3.40. The molecule has 0 aliphatic heterocycles. The molecule has 3 heterocycles. The standard InChI is InChI=1S/C24H25N5O3S2/c1-14-20(23(32)29(28(14)3)15-9-5-4-6-10-15)25-18(30)13-33-24-26-21-19(22(31)27(24)2)16-11-7-8-12-17(16)34-21/h4-6,9-10H,7-8,11-13H2,1-3H3,(H,25,30). The Hall–Kier alpha value is -3.11. The van der Waals surface area contributed by atoms with Gasteiger partial charge >= 0.3 is 0 Å². The lowest BCUT2D eigenvalue weighted by Gasteiger charge is -2.10. The number of benzene rings is 1. The Balaban J connectivity index is 1.37. The van der Waals surface area contributed by atoms with Gasteiger partial charge in [-0.2, -0.15) is 0 Å². The molecule has 4 aromatic rings. The number of carbonyl (C=O) groups excluding carboxylic acids is 1. The van der Waals surface area contributed by atoms with Crippen molar-refractivity contribution in [1.29, 1.82) is 0 Å². The lowest BCUT2D eigenvalue weighted by atomic mass is 9.97. The van der Waals surface area contributed by atoms with Crippen molar-refractivity contribution >= 4 is 44.9 Å². The van der Waals surface area contributed by atoms with Gasteiger partial charge in [-0.05, 0) is 50.3 Å². The summed E-state index contributed by atoms with van der Waals surface area (Å²) in [7, 11) is 3.48. The number of thiophene rings is 1. The van der Waals surface area contributed by atoms with Crippen molar-refractivity contribution in [2.24, 2.45) is 14.1 Å². The Morgan fingerprint density at radius 2 is 1.85 bits per heavy atom. The number of nitrogens with one attached hydrogen (secondary N) is 1. The maximum atomic E-state index is 13.1. The number of anilines is 1. The maximum Gasteiger partial charge on any atom is 0.295 e. The first-order valence-corrected chi connectivity index (χ1v) is 12.9. The molecule has 34 heavy (non-hydrogen) atoms. The summed E-state index contributed by atoms with van der Waals surface area (Å²) >= 11 is 2.79. The molecule has 0 atom stereocenters. The normalized spacial score (nSPS) is 13.3. The smallest absolute Gasteiger partial charge is 0.295 e. The van der Waals surface area contributed by atoms with Crippen molar-refractivity contribution in [3.8, 4) is 5.69 Å². The van der Waals surface area contributed by atoms with Gasteiger partial charge in [0.2, 0.25) is 5.91 Å². The van der Waals surface area contributed by atoms with Gasteiger partial charge in [-0.15, -0.1) is 11.3 Å². The fourth-order valence-electron chi connectivity index (χ4n) is 4.41. The molecule has 1 N–H and O–H groups in total. The van der Waals surface area contributed by atoms with Gasteiger partial charge in [0.25, 0.3) is 11.1 Å². The highest BCUT2D eigenvalue weighted by Gasteiger charge is 2.22. The summed E-state index contributed by atoms with van der Waals surface area (Å²) in [6, 6.07) is 9.28. The van der Waals surface area contributed by atoms with Crippen molar-refractivity contribution < 1.29 is 4.79 Å². The van der Waals surface area contributed by atoms with Gasteiger partial charge in [-0.25, -0.2) is 9.67 Å². The van der Waals surface area contributed by atoms with Crippen LogP contribution < -0.4 is 16.4 Å². The molecule has 0 saturated carbocycles. The Labute approximate surface area is 204 Å². The molecule has 0 saturated heterocycles. The fraction of sp³-hybridized carbons (Fsp3) is 0.333. The number of aromatic nitrogens is 4. The zero-order valence-corrected chi connectivity index (χ0v) is 20.9. The molecule has 0 fully saturated rings. The highest BCUT2D eigenvalue weighted by atomic mass is 32.2. The third kappa shape index (κ3) is 3.80. The molecule has 0 unspecified atom stereocenters. The number of fused-ring (bicyclic) bond motifs is 3. The van der Waals surface area contributed by atoms with Gasteiger partial charge in [0, 0.05) is 19.0 Å². The number of aryl methyl sites for hydroxylation is 2. The quantitative estimate of drug-likeness (QED) is 0.339. The van der Waals surface area contributed by atoms with Crippen LogP contribution in [0.25, 0.3) is 15.9 Å². The second kappa shape index (κ2) is 8.92. The number of amides is 1. The summed E-state index contributed by atoms with van der Waals surface area (Å²) in [5.74, 6) is -0.286. The molecule has 0 radical (unpaired) electrons. The van der Waals surface area contributed by atoms with Crippen LogP contribution in [0.5, 0.6) is 0 Å². The van der Waals surface area contributed by atoms with E-state index in [-0.39, 0.29) is 28.5 Å². The van der Waals surface area contributed by atoms with Crippen LogP contribution in [-0.4, -0.2) is 30.6 Å². The molecule has 1 aliphatic rings. The van der Waals surface area contributed by atoms with E-state index >= 15 is 0 Å². The maximum absolute atomic E-state index is 13.1. The number of carbonyl (C=O) groups is 1. The largest absolute Gasteiger partial charge is 0.319 e. The van der Waals surface area contributed by atoms with E-state index in [9.17, 15) is 14.4 Å². The molecule has 5 rings (SSSR count). The van der Waals surface area contributed by atoms with Crippen LogP contribution in [-0.2, 0) is 31.7 Å². The van der Waals surface area contributed by atoms with Crippen LogP contribution in [0.4, 0.5) is 5.69 Å². The molecule has 1 amide bonds. The van der Waals surface area contributed by atoms with Crippen molar-refractivity contribution in [3.05, 3.63) is 67.2 Å². The second-order valence-corrected chi connectivity index (χ2v) is 10.4. The van der Waals surface area contributed by atoms with Crippen molar-refractivity contribution in [3.63, 3.8) is 0 Å². The van der Waals surface area contributed by atoms with Crippen LogP contribution in [0.1, 0.15) is 29.0 Å². The number of hydrogen-bond donors (Lipinski definition) is 1. The average Bonchev–Trinajstić information content (AvgIpc) is 3.31. The lowest BCUT2D eigenvalue weighted by Crippen LogP contribution is -2.24. The SMILES string of the molecule is Cc1c(NC(=O)CSc2nc3sc4c(c3c(=O)n2C)CCCC4)c(=O)n(-c2ccccc2)n1C. The van der Waals surface area contributed by atoms with Gasteiger partial charge in [-0.1, -0.05) is 30.0 Å². The second-order valence-electron chi connectivity index (χ2n) is 8.42. The van der Waals surface area contributed by atoms with E-state index < -0.39 is 0 Å². The van der Waals surface area contributed by atoms with Gasteiger partial charge in [0.1, 0.15) is 10.5 Å². The minimum atomic E-state index is -0.323. The first-order valence-electron chi connectivity index (χ1n) is 11.1. The van der Waals surface area contributed by atoms with E-state index in [0.29, 0.717) is 10.9 Å². The topological polar surface area (TPSA) is 90.9 Å². The van der Waals surface area contributed by atoms with E-state index in [1.807, 2.05) is 30.3 Å². The number of hydrogen-bond acceptors (Lipinski definition) is 6. The zero-order chi connectivity index (χ0) is 24.0. The first-order chi connectivity index (χ1) is 16.4. The highest BCUT2D eigenvalue weighted by molar-refractivity contribution is 7.99. The summed E-state index contributed by atoms with van der Waals surface area (Å²) in [5, 5.41) is 4.00.